The van der Waals surface area contributed by atoms with Crippen LogP contribution >= 0.6 is 11.8 Å². The Morgan fingerprint density at radius 3 is 2.56 bits per heavy atom. The molecule has 0 radical (unpaired) electrons. The predicted molar refractivity (Wildman–Crippen MR) is 106 cm³/mol. The summed E-state index contributed by atoms with van der Waals surface area (Å²) in [6.45, 7) is 0.914. The first-order valence-electron chi connectivity index (χ1n) is 8.40. The summed E-state index contributed by atoms with van der Waals surface area (Å²) in [5, 5.41) is 0. The summed E-state index contributed by atoms with van der Waals surface area (Å²) in [4.78, 5) is 26.3. The molecule has 0 bridgehead atoms. The average molecular weight is 383 g/mol. The second-order valence-electron chi connectivity index (χ2n) is 6.34. The normalized spacial score (nSPS) is 12.9. The lowest BCUT2D eigenvalue weighted by Crippen LogP contribution is -2.21. The van der Waals surface area contributed by atoms with Crippen LogP contribution in [0.15, 0.2) is 54.8 Å². The summed E-state index contributed by atoms with van der Waals surface area (Å²) in [5.74, 6) is 2.14. The molecule has 1 aromatic heterocycles. The van der Waals surface area contributed by atoms with E-state index in [1.54, 1.807) is 23.9 Å². The molecule has 2 aromatic carbocycles. The van der Waals surface area contributed by atoms with Gasteiger partial charge in [-0.25, -0.2) is 9.59 Å². The Kier molecular flexibility index (Phi) is 4.63. The molecule has 27 heavy (non-hydrogen) atoms. The van der Waals surface area contributed by atoms with E-state index in [1.807, 2.05) is 44.4 Å². The summed E-state index contributed by atoms with van der Waals surface area (Å²) in [7, 11) is 4.05. The molecule has 0 N–H and O–H groups in total. The SMILES string of the molecule is CN(C)CCSC1=Cc2c(ccc3oc(=O)c(=O)oc23)Oc2ccccc21. The molecule has 1 aliphatic rings. The van der Waals surface area contributed by atoms with E-state index in [9.17, 15) is 9.59 Å². The Morgan fingerprint density at radius 1 is 0.963 bits per heavy atom. The third-order valence-electron chi connectivity index (χ3n) is 4.13. The van der Waals surface area contributed by atoms with Gasteiger partial charge >= 0.3 is 11.3 Å². The minimum absolute atomic E-state index is 0.204. The van der Waals surface area contributed by atoms with Gasteiger partial charge in [-0.05, 0) is 38.4 Å². The van der Waals surface area contributed by atoms with Crippen molar-refractivity contribution in [1.82, 2.24) is 4.90 Å². The quantitative estimate of drug-likeness (QED) is 0.637. The summed E-state index contributed by atoms with van der Waals surface area (Å²) >= 11 is 1.69. The molecular weight excluding hydrogens is 366 g/mol. The molecule has 3 aromatic rings. The number of fused-ring (bicyclic) bond motifs is 4. The fraction of sp³-hybridized carbons (Fsp3) is 0.200. The van der Waals surface area contributed by atoms with Gasteiger partial charge in [-0.2, -0.15) is 0 Å². The Morgan fingerprint density at radius 2 is 1.74 bits per heavy atom. The maximum absolute atomic E-state index is 11.7. The topological polar surface area (TPSA) is 72.9 Å². The van der Waals surface area contributed by atoms with Crippen molar-refractivity contribution in [2.75, 3.05) is 26.4 Å². The number of nitrogens with zero attached hydrogens (tertiary/aromatic N) is 1. The highest BCUT2D eigenvalue weighted by atomic mass is 32.2. The standard InChI is InChI=1S/C20H17NO5S/c1-21(2)9-10-27-17-11-13-15(24-14-6-4-3-5-12(14)17)7-8-16-18(13)26-20(23)19(22)25-16/h3-8,11H,9-10H2,1-2H3. The van der Waals surface area contributed by atoms with Crippen molar-refractivity contribution in [2.45, 2.75) is 0 Å². The zero-order valence-electron chi connectivity index (χ0n) is 14.9. The van der Waals surface area contributed by atoms with Crippen molar-refractivity contribution >= 4 is 33.9 Å². The van der Waals surface area contributed by atoms with Gasteiger partial charge in [0.05, 0.1) is 5.56 Å². The third kappa shape index (κ3) is 3.43. The first kappa shape index (κ1) is 17.6. The van der Waals surface area contributed by atoms with E-state index >= 15 is 0 Å². The highest BCUT2D eigenvalue weighted by Crippen LogP contribution is 2.44. The van der Waals surface area contributed by atoms with Crippen molar-refractivity contribution in [3.8, 4) is 11.5 Å². The molecule has 7 heteroatoms. The number of benzene rings is 2. The summed E-state index contributed by atoms with van der Waals surface area (Å²) in [6, 6.07) is 11.0. The van der Waals surface area contributed by atoms with E-state index in [-0.39, 0.29) is 11.2 Å². The fourth-order valence-corrected chi connectivity index (χ4v) is 3.99. The smallest absolute Gasteiger partial charge is 0.423 e. The lowest BCUT2D eigenvalue weighted by molar-refractivity contribution is 0.437. The molecule has 6 nitrogen and oxygen atoms in total. The Bertz CT molecular complexity index is 1160. The Balaban J connectivity index is 1.91. The van der Waals surface area contributed by atoms with Crippen LogP contribution in [-0.4, -0.2) is 31.3 Å². The monoisotopic (exact) mass is 383 g/mol. The van der Waals surface area contributed by atoms with Crippen LogP contribution < -0.4 is 16.0 Å². The van der Waals surface area contributed by atoms with E-state index in [0.717, 1.165) is 28.5 Å². The lowest BCUT2D eigenvalue weighted by Gasteiger charge is -2.12. The maximum atomic E-state index is 11.7. The molecule has 0 saturated heterocycles. The summed E-state index contributed by atoms with van der Waals surface area (Å²) in [5.41, 5.74) is -0.0997. The summed E-state index contributed by atoms with van der Waals surface area (Å²) in [6.07, 6.45) is 1.92. The van der Waals surface area contributed by atoms with Gasteiger partial charge in [0.2, 0.25) is 0 Å². The van der Waals surface area contributed by atoms with Crippen LogP contribution in [0.3, 0.4) is 0 Å². The summed E-state index contributed by atoms with van der Waals surface area (Å²) < 4.78 is 16.4. The molecule has 0 saturated carbocycles. The average Bonchev–Trinajstić information content (AvgIpc) is 2.79. The minimum atomic E-state index is -1.03. The first-order valence-corrected chi connectivity index (χ1v) is 9.39. The fourth-order valence-electron chi connectivity index (χ4n) is 2.79. The minimum Gasteiger partial charge on any atom is -0.456 e. The van der Waals surface area contributed by atoms with Crippen LogP contribution in [0.4, 0.5) is 0 Å². The van der Waals surface area contributed by atoms with Gasteiger partial charge in [0.25, 0.3) is 0 Å². The number of hydrogen-bond donors (Lipinski definition) is 0. The maximum Gasteiger partial charge on any atom is 0.423 e. The third-order valence-corrected chi connectivity index (χ3v) is 5.16. The van der Waals surface area contributed by atoms with Crippen molar-refractivity contribution in [3.63, 3.8) is 0 Å². The predicted octanol–water partition coefficient (Wildman–Crippen LogP) is 3.64. The number of para-hydroxylation sites is 1. The van der Waals surface area contributed by atoms with Gasteiger partial charge in [-0.1, -0.05) is 18.2 Å². The number of rotatable bonds is 4. The molecule has 4 rings (SSSR count). The molecule has 0 spiro atoms. The van der Waals surface area contributed by atoms with Gasteiger partial charge in [0.1, 0.15) is 11.5 Å². The molecule has 2 heterocycles. The van der Waals surface area contributed by atoms with Crippen molar-refractivity contribution in [2.24, 2.45) is 0 Å². The van der Waals surface area contributed by atoms with Crippen LogP contribution in [0.5, 0.6) is 11.5 Å². The lowest BCUT2D eigenvalue weighted by atomic mass is 10.1. The van der Waals surface area contributed by atoms with Crippen LogP contribution in [0, 0.1) is 0 Å². The molecule has 0 fully saturated rings. The molecule has 138 valence electrons. The zero-order valence-corrected chi connectivity index (χ0v) is 15.7. The molecular formula is C20H17NO5S. The molecule has 0 unspecified atom stereocenters. The zero-order chi connectivity index (χ0) is 19.0. The van der Waals surface area contributed by atoms with E-state index in [4.69, 9.17) is 13.6 Å². The van der Waals surface area contributed by atoms with E-state index < -0.39 is 11.3 Å². The molecule has 0 amide bonds. The van der Waals surface area contributed by atoms with E-state index in [2.05, 4.69) is 4.90 Å². The molecule has 0 aliphatic carbocycles. The van der Waals surface area contributed by atoms with Crippen LogP contribution in [-0.2, 0) is 0 Å². The second kappa shape index (κ2) is 7.09. The van der Waals surface area contributed by atoms with Crippen molar-refractivity contribution in [3.05, 3.63) is 68.4 Å². The number of hydrogen-bond acceptors (Lipinski definition) is 7. The van der Waals surface area contributed by atoms with Crippen molar-refractivity contribution in [1.29, 1.82) is 0 Å². The van der Waals surface area contributed by atoms with Crippen LogP contribution in [0.2, 0.25) is 0 Å². The Hall–Kier alpha value is -2.77. The van der Waals surface area contributed by atoms with E-state index in [0.29, 0.717) is 11.3 Å². The van der Waals surface area contributed by atoms with Crippen LogP contribution in [0.25, 0.3) is 22.1 Å². The molecule has 1 aliphatic heterocycles. The number of ether oxygens (including phenoxy) is 1. The number of thioether (sulfide) groups is 1. The van der Waals surface area contributed by atoms with Gasteiger partial charge < -0.3 is 18.5 Å². The molecule has 0 atom stereocenters. The van der Waals surface area contributed by atoms with Gasteiger partial charge in [0, 0.05) is 22.8 Å². The van der Waals surface area contributed by atoms with Gasteiger partial charge in [-0.3, -0.25) is 0 Å². The largest absolute Gasteiger partial charge is 0.456 e. The van der Waals surface area contributed by atoms with Gasteiger partial charge in [-0.15, -0.1) is 11.8 Å². The van der Waals surface area contributed by atoms with Crippen LogP contribution in [0.1, 0.15) is 11.1 Å². The highest BCUT2D eigenvalue weighted by Gasteiger charge is 2.21. The first-order chi connectivity index (χ1) is 13.0. The Labute approximate surface area is 159 Å². The van der Waals surface area contributed by atoms with Crippen molar-refractivity contribution < 1.29 is 13.6 Å². The second-order valence-corrected chi connectivity index (χ2v) is 7.48. The van der Waals surface area contributed by atoms with Gasteiger partial charge in [0.15, 0.2) is 11.2 Å². The highest BCUT2D eigenvalue weighted by molar-refractivity contribution is 8.08. The van der Waals surface area contributed by atoms with E-state index in [1.165, 1.54) is 0 Å².